The summed E-state index contributed by atoms with van der Waals surface area (Å²) in [5.74, 6) is -0.852. The minimum Gasteiger partial charge on any atom is -0.273 e. The molecule has 0 saturated carbocycles. The second kappa shape index (κ2) is 8.19. The fourth-order valence-electron chi connectivity index (χ4n) is 2.40. The molecule has 7 nitrogen and oxygen atoms in total. The molecule has 4 amide bonds. The summed E-state index contributed by atoms with van der Waals surface area (Å²) < 4.78 is 0. The molecule has 1 atom stereocenters. The number of carbonyl (C=O) groups excluding carboxylic acids is 4. The maximum Gasteiger partial charge on any atom is 0.257 e. The van der Waals surface area contributed by atoms with E-state index >= 15 is 0 Å². The third-order valence-corrected chi connectivity index (χ3v) is 3.62. The maximum absolute atomic E-state index is 11.7. The second-order valence-corrected chi connectivity index (χ2v) is 6.71. The van der Waals surface area contributed by atoms with Gasteiger partial charge in [-0.05, 0) is 33.6 Å². The fourth-order valence-corrected chi connectivity index (χ4v) is 2.40. The number of hydroxylamine groups is 2. The highest BCUT2D eigenvalue weighted by molar-refractivity contribution is 6.13. The lowest BCUT2D eigenvalue weighted by Crippen LogP contribution is -2.36. The smallest absolute Gasteiger partial charge is 0.257 e. The quantitative estimate of drug-likeness (QED) is 0.728. The Morgan fingerprint density at radius 1 is 0.958 bits per heavy atom. The third-order valence-electron chi connectivity index (χ3n) is 3.62. The highest BCUT2D eigenvalue weighted by Gasteiger charge is 2.41. The van der Waals surface area contributed by atoms with Gasteiger partial charge in [0.05, 0.1) is 12.0 Å². The van der Waals surface area contributed by atoms with Crippen LogP contribution in [0.25, 0.3) is 0 Å². The summed E-state index contributed by atoms with van der Waals surface area (Å²) >= 11 is 0. The van der Waals surface area contributed by atoms with E-state index in [9.17, 15) is 19.2 Å². The Bertz CT molecular complexity index is 533. The van der Waals surface area contributed by atoms with Crippen molar-refractivity contribution in [2.45, 2.75) is 60.1 Å². The first kappa shape index (κ1) is 20.0. The summed E-state index contributed by atoms with van der Waals surface area (Å²) in [5, 5.41) is 0.926. The van der Waals surface area contributed by atoms with Crippen LogP contribution in [-0.4, -0.2) is 45.7 Å². The van der Waals surface area contributed by atoms with Crippen LogP contribution in [0.2, 0.25) is 0 Å². The zero-order chi connectivity index (χ0) is 18.6. The Kier molecular flexibility index (Phi) is 6.83. The monoisotopic (exact) mass is 338 g/mol. The number of carbonyl (C=O) groups is 4. The summed E-state index contributed by atoms with van der Waals surface area (Å²) in [5.41, 5.74) is 0. The Morgan fingerprint density at radius 2 is 1.46 bits per heavy atom. The van der Waals surface area contributed by atoms with Gasteiger partial charge in [0.15, 0.2) is 0 Å². The van der Waals surface area contributed by atoms with E-state index in [1.54, 1.807) is 13.8 Å². The minimum absolute atomic E-state index is 0.0324. The zero-order valence-corrected chi connectivity index (χ0v) is 15.1. The van der Waals surface area contributed by atoms with Crippen LogP contribution in [0.4, 0.5) is 0 Å². The molecule has 2 heterocycles. The van der Waals surface area contributed by atoms with Gasteiger partial charge in [-0.3, -0.25) is 28.9 Å². The molecule has 2 aliphatic heterocycles. The SMILES string of the molecule is CC(C)N1C(=O)C=CC1=O.CC(C)ON1C(=O)CC(C(C)C)C1=O. The highest BCUT2D eigenvalue weighted by atomic mass is 16.7. The number of hydrogen-bond donors (Lipinski definition) is 0. The lowest BCUT2D eigenvalue weighted by Gasteiger charge is -2.17. The average Bonchev–Trinajstić information content (AvgIpc) is 2.93. The summed E-state index contributed by atoms with van der Waals surface area (Å²) in [4.78, 5) is 51.1. The van der Waals surface area contributed by atoms with Crippen LogP contribution in [0.1, 0.15) is 48.0 Å². The molecule has 0 aliphatic carbocycles. The fraction of sp³-hybridized carbons (Fsp3) is 0.647. The maximum atomic E-state index is 11.7. The lowest BCUT2D eigenvalue weighted by atomic mass is 9.95. The van der Waals surface area contributed by atoms with Crippen LogP contribution in [0.15, 0.2) is 12.2 Å². The topological polar surface area (TPSA) is 84.0 Å². The largest absolute Gasteiger partial charge is 0.273 e. The van der Waals surface area contributed by atoms with Crippen LogP contribution >= 0.6 is 0 Å². The molecule has 134 valence electrons. The number of hydrogen-bond acceptors (Lipinski definition) is 5. The highest BCUT2D eigenvalue weighted by Crippen LogP contribution is 2.26. The molecule has 0 aromatic rings. The van der Waals surface area contributed by atoms with Gasteiger partial charge in [-0.15, -0.1) is 0 Å². The predicted octanol–water partition coefficient (Wildman–Crippen LogP) is 1.68. The number of amides is 4. The van der Waals surface area contributed by atoms with E-state index in [0.29, 0.717) is 0 Å². The Hall–Kier alpha value is -2.02. The van der Waals surface area contributed by atoms with Crippen molar-refractivity contribution in [2.24, 2.45) is 11.8 Å². The van der Waals surface area contributed by atoms with Gasteiger partial charge >= 0.3 is 0 Å². The van der Waals surface area contributed by atoms with Crippen LogP contribution < -0.4 is 0 Å². The molecule has 0 aromatic carbocycles. The first-order valence-electron chi connectivity index (χ1n) is 8.15. The van der Waals surface area contributed by atoms with Gasteiger partial charge in [0.2, 0.25) is 0 Å². The molecule has 0 N–H and O–H groups in total. The second-order valence-electron chi connectivity index (χ2n) is 6.71. The van der Waals surface area contributed by atoms with E-state index in [1.807, 2.05) is 27.7 Å². The molecule has 7 heteroatoms. The summed E-state index contributed by atoms with van der Waals surface area (Å²) in [7, 11) is 0. The Labute approximate surface area is 142 Å². The van der Waals surface area contributed by atoms with Gasteiger partial charge in [-0.25, -0.2) is 0 Å². The number of nitrogens with zero attached hydrogens (tertiary/aromatic N) is 2. The van der Waals surface area contributed by atoms with E-state index in [2.05, 4.69) is 0 Å². The third kappa shape index (κ3) is 4.74. The van der Waals surface area contributed by atoms with Crippen LogP contribution in [0, 0.1) is 11.8 Å². The van der Waals surface area contributed by atoms with Gasteiger partial charge < -0.3 is 0 Å². The van der Waals surface area contributed by atoms with E-state index < -0.39 is 0 Å². The van der Waals surface area contributed by atoms with E-state index in [-0.39, 0.29) is 54.0 Å². The van der Waals surface area contributed by atoms with Crippen molar-refractivity contribution in [1.29, 1.82) is 0 Å². The molecule has 2 aliphatic rings. The first-order chi connectivity index (χ1) is 11.1. The molecule has 24 heavy (non-hydrogen) atoms. The molecule has 1 saturated heterocycles. The van der Waals surface area contributed by atoms with Crippen molar-refractivity contribution >= 4 is 23.6 Å². The number of imide groups is 2. The van der Waals surface area contributed by atoms with Crippen molar-refractivity contribution in [1.82, 2.24) is 9.96 Å². The number of rotatable bonds is 4. The summed E-state index contributed by atoms with van der Waals surface area (Å²) in [6.07, 6.45) is 2.72. The standard InChI is InChI=1S/C10H17NO3.C7H9NO2/c1-6(2)8-5-9(12)11(10(8)13)14-7(3)4;1-5(2)8-6(9)3-4-7(8)10/h6-8H,5H2,1-4H3;3-5H,1-2H3. The van der Waals surface area contributed by atoms with Crippen molar-refractivity contribution < 1.29 is 24.0 Å². The minimum atomic E-state index is -0.220. The van der Waals surface area contributed by atoms with Gasteiger partial charge in [0, 0.05) is 24.6 Å². The van der Waals surface area contributed by atoms with Gasteiger partial charge in [-0.2, -0.15) is 5.06 Å². The van der Waals surface area contributed by atoms with Crippen LogP contribution in [-0.2, 0) is 24.0 Å². The average molecular weight is 338 g/mol. The van der Waals surface area contributed by atoms with Gasteiger partial charge in [0.1, 0.15) is 0 Å². The first-order valence-corrected chi connectivity index (χ1v) is 8.15. The van der Waals surface area contributed by atoms with E-state index in [0.717, 1.165) is 5.06 Å². The van der Waals surface area contributed by atoms with Crippen molar-refractivity contribution in [3.8, 4) is 0 Å². The normalized spacial score (nSPS) is 20.8. The van der Waals surface area contributed by atoms with Crippen molar-refractivity contribution in [3.05, 3.63) is 12.2 Å². The van der Waals surface area contributed by atoms with E-state index in [4.69, 9.17) is 4.84 Å². The molecule has 0 bridgehead atoms. The summed E-state index contributed by atoms with van der Waals surface area (Å²) in [6, 6.07) is -0.0324. The molecule has 0 spiro atoms. The zero-order valence-electron chi connectivity index (χ0n) is 15.1. The Morgan fingerprint density at radius 3 is 1.75 bits per heavy atom. The van der Waals surface area contributed by atoms with Crippen molar-refractivity contribution in [3.63, 3.8) is 0 Å². The lowest BCUT2D eigenvalue weighted by molar-refractivity contribution is -0.199. The van der Waals surface area contributed by atoms with Crippen molar-refractivity contribution in [2.75, 3.05) is 0 Å². The van der Waals surface area contributed by atoms with Gasteiger partial charge in [-0.1, -0.05) is 13.8 Å². The molecule has 0 radical (unpaired) electrons. The molecule has 1 fully saturated rings. The predicted molar refractivity (Wildman–Crippen MR) is 87.1 cm³/mol. The van der Waals surface area contributed by atoms with Crippen LogP contribution in [0.5, 0.6) is 0 Å². The Balaban J connectivity index is 0.000000254. The van der Waals surface area contributed by atoms with Gasteiger partial charge in [0.25, 0.3) is 23.6 Å². The molecule has 1 unspecified atom stereocenters. The molecular weight excluding hydrogens is 312 g/mol. The summed E-state index contributed by atoms with van der Waals surface area (Å²) in [6.45, 7) is 11.1. The molecular formula is C17H26N2O5. The molecule has 0 aromatic heterocycles. The van der Waals surface area contributed by atoms with E-state index in [1.165, 1.54) is 17.1 Å². The van der Waals surface area contributed by atoms with Crippen LogP contribution in [0.3, 0.4) is 0 Å². The molecule has 2 rings (SSSR count).